The highest BCUT2D eigenvalue weighted by Crippen LogP contribution is 2.28. The van der Waals surface area contributed by atoms with Crippen LogP contribution in [0.3, 0.4) is 0 Å². The number of carboxylic acids is 1. The largest absolute Gasteiger partial charge is 0.478 e. The van der Waals surface area contributed by atoms with Crippen molar-refractivity contribution in [2.24, 2.45) is 5.10 Å². The van der Waals surface area contributed by atoms with Gasteiger partial charge < -0.3 is 14.3 Å². The summed E-state index contributed by atoms with van der Waals surface area (Å²) < 4.78 is 10.5. The van der Waals surface area contributed by atoms with Gasteiger partial charge in [0.1, 0.15) is 11.5 Å². The fourth-order valence-electron chi connectivity index (χ4n) is 3.25. The lowest BCUT2D eigenvalue weighted by Crippen LogP contribution is -2.21. The highest BCUT2D eigenvalue weighted by atomic mass is 16.5. The van der Waals surface area contributed by atoms with Crippen molar-refractivity contribution >= 4 is 35.3 Å². The Kier molecular flexibility index (Phi) is 5.43. The summed E-state index contributed by atoms with van der Waals surface area (Å²) in [6.45, 7) is 1.69. The van der Waals surface area contributed by atoms with Gasteiger partial charge in [-0.05, 0) is 55.5 Å². The third-order valence-electron chi connectivity index (χ3n) is 4.90. The molecule has 0 bridgehead atoms. The molecule has 0 saturated heterocycles. The average molecular weight is 430 g/mol. The third-order valence-corrected chi connectivity index (χ3v) is 4.90. The summed E-state index contributed by atoms with van der Waals surface area (Å²) in [6.07, 6.45) is 1.59. The first-order chi connectivity index (χ1) is 15.4. The molecular weight excluding hydrogens is 412 g/mol. The molecule has 0 radical (unpaired) electrons. The summed E-state index contributed by atoms with van der Waals surface area (Å²) >= 11 is 0. The molecule has 0 aliphatic carbocycles. The fourth-order valence-corrected chi connectivity index (χ4v) is 3.25. The van der Waals surface area contributed by atoms with Gasteiger partial charge in [-0.3, -0.25) is 4.79 Å². The van der Waals surface area contributed by atoms with Crippen LogP contribution in [0, 0.1) is 0 Å². The Morgan fingerprint density at radius 2 is 1.81 bits per heavy atom. The van der Waals surface area contributed by atoms with Gasteiger partial charge in [0.05, 0.1) is 35.2 Å². The Morgan fingerprint density at radius 1 is 1.06 bits per heavy atom. The molecule has 3 aromatic rings. The van der Waals surface area contributed by atoms with Gasteiger partial charge in [0, 0.05) is 5.56 Å². The van der Waals surface area contributed by atoms with Crippen LogP contribution >= 0.6 is 0 Å². The normalized spacial score (nSPS) is 14.6. The number of hydrazone groups is 1. The molecule has 0 atom stereocenters. The van der Waals surface area contributed by atoms with Gasteiger partial charge in [-0.25, -0.2) is 9.59 Å². The molecule has 8 nitrogen and oxygen atoms in total. The van der Waals surface area contributed by atoms with E-state index in [4.69, 9.17) is 9.15 Å². The van der Waals surface area contributed by atoms with Gasteiger partial charge in [-0.15, -0.1) is 0 Å². The summed E-state index contributed by atoms with van der Waals surface area (Å²) in [4.78, 5) is 35.7. The number of benzene rings is 2. The SMILES string of the molecule is COC(=O)c1ccc(-c2ccc(/C=C3\C(=O)N(c4cccc(C(=O)O)c4)N=C3C)o2)cc1. The average Bonchev–Trinajstić information content (AvgIpc) is 3.39. The summed E-state index contributed by atoms with van der Waals surface area (Å²) in [7, 11) is 1.32. The van der Waals surface area contributed by atoms with E-state index in [1.54, 1.807) is 61.5 Å². The molecule has 0 fully saturated rings. The molecule has 1 aliphatic rings. The molecule has 0 saturated carbocycles. The minimum Gasteiger partial charge on any atom is -0.478 e. The first-order valence-corrected chi connectivity index (χ1v) is 9.61. The molecule has 160 valence electrons. The molecule has 0 unspecified atom stereocenters. The fraction of sp³-hybridized carbons (Fsp3) is 0.0833. The Hall–Kier alpha value is -4.46. The lowest BCUT2D eigenvalue weighted by molar-refractivity contribution is -0.114. The van der Waals surface area contributed by atoms with Gasteiger partial charge in [0.2, 0.25) is 0 Å². The summed E-state index contributed by atoms with van der Waals surface area (Å²) in [5, 5.41) is 14.6. The number of carbonyl (C=O) groups is 3. The number of nitrogens with zero attached hydrogens (tertiary/aromatic N) is 2. The second-order valence-corrected chi connectivity index (χ2v) is 6.99. The number of hydrogen-bond donors (Lipinski definition) is 1. The lowest BCUT2D eigenvalue weighted by atomic mass is 10.1. The number of hydrogen-bond acceptors (Lipinski definition) is 6. The van der Waals surface area contributed by atoms with E-state index in [-0.39, 0.29) is 11.5 Å². The Morgan fingerprint density at radius 3 is 2.50 bits per heavy atom. The maximum atomic E-state index is 12.9. The molecule has 8 heteroatoms. The molecule has 0 spiro atoms. The molecule has 1 N–H and O–H groups in total. The number of carbonyl (C=O) groups excluding carboxylic acids is 2. The van der Waals surface area contributed by atoms with Crippen molar-refractivity contribution < 1.29 is 28.6 Å². The first kappa shape index (κ1) is 20.8. The molecule has 2 aromatic carbocycles. The van der Waals surface area contributed by atoms with Gasteiger partial charge in [0.25, 0.3) is 5.91 Å². The number of anilines is 1. The van der Waals surface area contributed by atoms with Crippen LogP contribution in [0.15, 0.2) is 75.8 Å². The monoisotopic (exact) mass is 430 g/mol. The number of methoxy groups -OCH3 is 1. The minimum atomic E-state index is -1.09. The van der Waals surface area contributed by atoms with Crippen LogP contribution in [-0.4, -0.2) is 35.8 Å². The molecular formula is C24H18N2O6. The molecule has 1 aromatic heterocycles. The van der Waals surface area contributed by atoms with Crippen LogP contribution in [0.25, 0.3) is 17.4 Å². The number of furan rings is 1. The second kappa shape index (κ2) is 8.35. The van der Waals surface area contributed by atoms with Crippen LogP contribution < -0.4 is 5.01 Å². The summed E-state index contributed by atoms with van der Waals surface area (Å²) in [5.41, 5.74) is 2.44. The Labute approximate surface area is 183 Å². The van der Waals surface area contributed by atoms with Crippen molar-refractivity contribution in [2.75, 3.05) is 12.1 Å². The molecule has 2 heterocycles. The molecule has 1 amide bonds. The van der Waals surface area contributed by atoms with Crippen molar-refractivity contribution in [1.82, 2.24) is 0 Å². The quantitative estimate of drug-likeness (QED) is 0.479. The van der Waals surface area contributed by atoms with Gasteiger partial charge >= 0.3 is 11.9 Å². The zero-order chi connectivity index (χ0) is 22.8. The van der Waals surface area contributed by atoms with Crippen LogP contribution in [0.4, 0.5) is 5.69 Å². The molecule has 1 aliphatic heterocycles. The number of amides is 1. The van der Waals surface area contributed by atoms with Gasteiger partial charge in [-0.2, -0.15) is 10.1 Å². The summed E-state index contributed by atoms with van der Waals surface area (Å²) in [6, 6.07) is 16.3. The predicted molar refractivity (Wildman–Crippen MR) is 117 cm³/mol. The number of carboxylic acid groups (broad SMARTS) is 1. The van der Waals surface area contributed by atoms with Crippen molar-refractivity contribution in [1.29, 1.82) is 0 Å². The standard InChI is InChI=1S/C24H18N2O6/c1-14-20(22(27)26(25-14)18-5-3-4-17(12-18)23(28)29)13-19-10-11-21(32-19)15-6-8-16(9-7-15)24(30)31-2/h3-13H,1-2H3,(H,28,29)/b20-13-. The molecule has 32 heavy (non-hydrogen) atoms. The van der Waals surface area contributed by atoms with Crippen LogP contribution in [0.2, 0.25) is 0 Å². The van der Waals surface area contributed by atoms with Crippen LogP contribution in [-0.2, 0) is 9.53 Å². The van der Waals surface area contributed by atoms with E-state index in [1.165, 1.54) is 24.3 Å². The minimum absolute atomic E-state index is 0.0643. The van der Waals surface area contributed by atoms with Crippen molar-refractivity contribution in [3.8, 4) is 11.3 Å². The number of ether oxygens (including phenoxy) is 1. The van der Waals surface area contributed by atoms with Crippen LogP contribution in [0.5, 0.6) is 0 Å². The van der Waals surface area contributed by atoms with E-state index >= 15 is 0 Å². The van der Waals surface area contributed by atoms with E-state index in [2.05, 4.69) is 5.10 Å². The number of aromatic carboxylic acids is 1. The van der Waals surface area contributed by atoms with E-state index in [0.29, 0.717) is 34.1 Å². The van der Waals surface area contributed by atoms with Crippen molar-refractivity contribution in [3.05, 3.63) is 83.1 Å². The van der Waals surface area contributed by atoms with Crippen molar-refractivity contribution in [2.45, 2.75) is 6.92 Å². The first-order valence-electron chi connectivity index (χ1n) is 9.61. The highest BCUT2D eigenvalue weighted by molar-refractivity contribution is 6.32. The smallest absolute Gasteiger partial charge is 0.337 e. The third kappa shape index (κ3) is 3.93. The lowest BCUT2D eigenvalue weighted by Gasteiger charge is -2.12. The second-order valence-electron chi connectivity index (χ2n) is 6.99. The van der Waals surface area contributed by atoms with Gasteiger partial charge in [-0.1, -0.05) is 18.2 Å². The Balaban J connectivity index is 1.57. The van der Waals surface area contributed by atoms with Crippen LogP contribution in [0.1, 0.15) is 33.4 Å². The predicted octanol–water partition coefficient (Wildman–Crippen LogP) is 4.24. The topological polar surface area (TPSA) is 109 Å². The number of rotatable bonds is 5. The van der Waals surface area contributed by atoms with E-state index in [1.807, 2.05) is 0 Å². The van der Waals surface area contributed by atoms with E-state index in [9.17, 15) is 19.5 Å². The maximum Gasteiger partial charge on any atom is 0.337 e. The van der Waals surface area contributed by atoms with E-state index in [0.717, 1.165) is 5.56 Å². The molecule has 4 rings (SSSR count). The maximum absolute atomic E-state index is 12.9. The Bertz CT molecular complexity index is 1280. The van der Waals surface area contributed by atoms with Gasteiger partial charge in [0.15, 0.2) is 0 Å². The zero-order valence-electron chi connectivity index (χ0n) is 17.2. The van der Waals surface area contributed by atoms with E-state index < -0.39 is 11.9 Å². The zero-order valence-corrected chi connectivity index (χ0v) is 17.2. The highest BCUT2D eigenvalue weighted by Gasteiger charge is 2.29. The summed E-state index contributed by atoms with van der Waals surface area (Å²) in [5.74, 6) is -0.868. The number of esters is 1. The van der Waals surface area contributed by atoms with Crippen molar-refractivity contribution in [3.63, 3.8) is 0 Å².